The first-order chi connectivity index (χ1) is 8.08. The van der Waals surface area contributed by atoms with E-state index in [-0.39, 0.29) is 11.9 Å². The van der Waals surface area contributed by atoms with E-state index in [1.807, 2.05) is 0 Å². The van der Waals surface area contributed by atoms with E-state index in [1.165, 1.54) is 6.33 Å². The molecule has 1 aliphatic heterocycles. The number of aryl methyl sites for hydroxylation is 1. The molecule has 2 N–H and O–H groups in total. The molecule has 2 heterocycles. The maximum atomic E-state index is 10.8. The van der Waals surface area contributed by atoms with Gasteiger partial charge in [0.1, 0.15) is 0 Å². The molecule has 2 unspecified atom stereocenters. The summed E-state index contributed by atoms with van der Waals surface area (Å²) in [5, 5.41) is 17.4. The summed E-state index contributed by atoms with van der Waals surface area (Å²) in [6.45, 7) is 3.05. The molecule has 0 spiro atoms. The molecule has 1 aromatic rings. The van der Waals surface area contributed by atoms with Gasteiger partial charge in [-0.1, -0.05) is 0 Å². The predicted octanol–water partition coefficient (Wildman–Crippen LogP) is 0.881. The highest BCUT2D eigenvalue weighted by atomic mass is 16.6. The summed E-state index contributed by atoms with van der Waals surface area (Å²) in [6.07, 6.45) is 3.39. The van der Waals surface area contributed by atoms with Crippen LogP contribution < -0.4 is 10.6 Å². The number of hydrogen-bond acceptors (Lipinski definition) is 5. The van der Waals surface area contributed by atoms with Gasteiger partial charge in [-0.3, -0.25) is 4.57 Å². The van der Waals surface area contributed by atoms with Crippen LogP contribution in [0.5, 0.6) is 0 Å². The molecular weight excluding hydrogens is 222 g/mol. The lowest BCUT2D eigenvalue weighted by molar-refractivity contribution is -0.388. The van der Waals surface area contributed by atoms with E-state index >= 15 is 0 Å². The summed E-state index contributed by atoms with van der Waals surface area (Å²) < 4.78 is 1.66. The zero-order valence-corrected chi connectivity index (χ0v) is 10.0. The molecule has 17 heavy (non-hydrogen) atoms. The molecule has 2 rings (SSSR count). The average Bonchev–Trinajstić information content (AvgIpc) is 2.61. The summed E-state index contributed by atoms with van der Waals surface area (Å²) in [5.41, 5.74) is 0. The molecule has 1 aliphatic rings. The number of aromatic nitrogens is 2. The Kier molecular flexibility index (Phi) is 3.28. The first kappa shape index (κ1) is 11.8. The Labute approximate surface area is 99.4 Å². The van der Waals surface area contributed by atoms with Crippen LogP contribution >= 0.6 is 0 Å². The summed E-state index contributed by atoms with van der Waals surface area (Å²) >= 11 is 0. The van der Waals surface area contributed by atoms with Crippen molar-refractivity contribution in [1.82, 2.24) is 14.9 Å². The number of hydrogen-bond donors (Lipinski definition) is 2. The van der Waals surface area contributed by atoms with Gasteiger partial charge in [0.25, 0.3) is 0 Å². The van der Waals surface area contributed by atoms with Crippen LogP contribution in [-0.4, -0.2) is 33.1 Å². The topological polar surface area (TPSA) is 85.0 Å². The second-order valence-electron chi connectivity index (χ2n) is 4.51. The molecule has 7 nitrogen and oxygen atoms in total. The highest BCUT2D eigenvalue weighted by Gasteiger charge is 2.25. The van der Waals surface area contributed by atoms with Gasteiger partial charge in [0.15, 0.2) is 0 Å². The average molecular weight is 239 g/mol. The molecule has 1 saturated heterocycles. The monoisotopic (exact) mass is 239 g/mol. The molecule has 1 aromatic heterocycles. The lowest BCUT2D eigenvalue weighted by Gasteiger charge is -2.28. The zero-order chi connectivity index (χ0) is 12.4. The Morgan fingerprint density at radius 2 is 2.47 bits per heavy atom. The first-order valence-electron chi connectivity index (χ1n) is 5.73. The smallest absolute Gasteiger partial charge is 0.361 e. The Morgan fingerprint density at radius 3 is 3.12 bits per heavy atom. The third-order valence-electron chi connectivity index (χ3n) is 3.06. The second kappa shape index (κ2) is 4.70. The van der Waals surface area contributed by atoms with Crippen LogP contribution in [0, 0.1) is 10.1 Å². The third kappa shape index (κ3) is 2.55. The van der Waals surface area contributed by atoms with E-state index < -0.39 is 4.92 Å². The minimum absolute atomic E-state index is 0.0984. The lowest BCUT2D eigenvalue weighted by atomic mass is 10.0. The van der Waals surface area contributed by atoms with Crippen molar-refractivity contribution in [2.24, 2.45) is 7.05 Å². The van der Waals surface area contributed by atoms with E-state index in [1.54, 1.807) is 11.6 Å². The number of nitrogens with one attached hydrogen (secondary N) is 2. The van der Waals surface area contributed by atoms with Crippen LogP contribution in [0.1, 0.15) is 19.8 Å². The molecule has 0 saturated carbocycles. The Morgan fingerprint density at radius 1 is 1.71 bits per heavy atom. The standard InChI is InChI=1S/C10H17N5O2/c1-7-5-8(3-4-11-7)13-10-9(15(16)17)12-6-14(10)2/h6-8,11,13H,3-5H2,1-2H3. The van der Waals surface area contributed by atoms with Crippen LogP contribution in [0.4, 0.5) is 11.6 Å². The molecule has 7 heteroatoms. The summed E-state index contributed by atoms with van der Waals surface area (Å²) in [4.78, 5) is 14.2. The second-order valence-corrected chi connectivity index (χ2v) is 4.51. The Balaban J connectivity index is 2.12. The molecule has 0 aliphatic carbocycles. The maximum Gasteiger partial charge on any atom is 0.406 e. The highest BCUT2D eigenvalue weighted by Crippen LogP contribution is 2.24. The number of imidazole rings is 1. The van der Waals surface area contributed by atoms with Crippen molar-refractivity contribution in [2.75, 3.05) is 11.9 Å². The van der Waals surface area contributed by atoms with Gasteiger partial charge >= 0.3 is 5.82 Å². The number of nitro groups is 1. The molecule has 0 amide bonds. The number of anilines is 1. The lowest BCUT2D eigenvalue weighted by Crippen LogP contribution is -2.41. The van der Waals surface area contributed by atoms with Crippen LogP contribution in [0.15, 0.2) is 6.33 Å². The summed E-state index contributed by atoms with van der Waals surface area (Å²) in [6, 6.07) is 0.703. The van der Waals surface area contributed by atoms with Gasteiger partial charge in [0, 0.05) is 19.1 Å². The van der Waals surface area contributed by atoms with Crippen molar-refractivity contribution in [1.29, 1.82) is 0 Å². The SMILES string of the molecule is CC1CC(Nc2c([N+](=O)[O-])ncn2C)CCN1. The number of nitrogens with zero attached hydrogens (tertiary/aromatic N) is 3. The number of piperidine rings is 1. The summed E-state index contributed by atoms with van der Waals surface area (Å²) in [7, 11) is 1.76. The van der Waals surface area contributed by atoms with Gasteiger partial charge in [-0.2, -0.15) is 0 Å². The summed E-state index contributed by atoms with van der Waals surface area (Å²) in [5.74, 6) is 0.396. The van der Waals surface area contributed by atoms with Crippen LogP contribution in [0.25, 0.3) is 0 Å². The molecule has 0 aromatic carbocycles. The first-order valence-corrected chi connectivity index (χ1v) is 5.73. The van der Waals surface area contributed by atoms with Crippen molar-refractivity contribution >= 4 is 11.6 Å². The van der Waals surface area contributed by atoms with E-state index in [0.717, 1.165) is 19.4 Å². The molecular formula is C10H17N5O2. The fourth-order valence-corrected chi connectivity index (χ4v) is 2.17. The van der Waals surface area contributed by atoms with Crippen molar-refractivity contribution < 1.29 is 4.92 Å². The minimum atomic E-state index is -0.452. The Hall–Kier alpha value is -1.63. The van der Waals surface area contributed by atoms with Gasteiger partial charge in [-0.05, 0) is 36.2 Å². The largest absolute Gasteiger partial charge is 0.406 e. The van der Waals surface area contributed by atoms with Gasteiger partial charge in [-0.25, -0.2) is 0 Å². The molecule has 0 radical (unpaired) electrons. The fourth-order valence-electron chi connectivity index (χ4n) is 2.17. The van der Waals surface area contributed by atoms with E-state index in [4.69, 9.17) is 0 Å². The predicted molar refractivity (Wildman–Crippen MR) is 64.0 cm³/mol. The van der Waals surface area contributed by atoms with Gasteiger partial charge in [-0.15, -0.1) is 0 Å². The quantitative estimate of drug-likeness (QED) is 0.604. The van der Waals surface area contributed by atoms with Gasteiger partial charge in [0.05, 0.1) is 0 Å². The van der Waals surface area contributed by atoms with Crippen LogP contribution in [0.2, 0.25) is 0 Å². The van der Waals surface area contributed by atoms with E-state index in [2.05, 4.69) is 22.5 Å². The number of rotatable bonds is 3. The van der Waals surface area contributed by atoms with Crippen LogP contribution in [0.3, 0.4) is 0 Å². The normalized spacial score (nSPS) is 24.6. The van der Waals surface area contributed by atoms with E-state index in [0.29, 0.717) is 11.9 Å². The molecule has 1 fully saturated rings. The van der Waals surface area contributed by atoms with Crippen molar-refractivity contribution in [2.45, 2.75) is 31.8 Å². The maximum absolute atomic E-state index is 10.8. The van der Waals surface area contributed by atoms with Crippen molar-refractivity contribution in [3.63, 3.8) is 0 Å². The van der Waals surface area contributed by atoms with Gasteiger partial charge < -0.3 is 20.7 Å². The zero-order valence-electron chi connectivity index (χ0n) is 10.0. The molecule has 2 atom stereocenters. The van der Waals surface area contributed by atoms with E-state index in [9.17, 15) is 10.1 Å². The third-order valence-corrected chi connectivity index (χ3v) is 3.06. The van der Waals surface area contributed by atoms with Gasteiger partial charge in [0.2, 0.25) is 12.1 Å². The Bertz CT molecular complexity index is 417. The fraction of sp³-hybridized carbons (Fsp3) is 0.700. The minimum Gasteiger partial charge on any atom is -0.361 e. The molecule has 0 bridgehead atoms. The van der Waals surface area contributed by atoms with Crippen LogP contribution in [-0.2, 0) is 7.05 Å². The highest BCUT2D eigenvalue weighted by molar-refractivity contribution is 5.52. The molecule has 94 valence electrons. The van der Waals surface area contributed by atoms with Crippen molar-refractivity contribution in [3.8, 4) is 0 Å². The van der Waals surface area contributed by atoms with Crippen molar-refractivity contribution in [3.05, 3.63) is 16.4 Å².